The second-order valence-corrected chi connectivity index (χ2v) is 7.08. The predicted octanol–water partition coefficient (Wildman–Crippen LogP) is 4.21. The molecule has 2 aromatic rings. The highest BCUT2D eigenvalue weighted by Gasteiger charge is 2.28. The Morgan fingerprint density at radius 2 is 1.42 bits per heavy atom. The maximum absolute atomic E-state index is 7.48. The Morgan fingerprint density at radius 3 is 1.85 bits per heavy atom. The first-order chi connectivity index (χ1) is 12.8. The van der Waals surface area contributed by atoms with E-state index >= 15 is 0 Å². The summed E-state index contributed by atoms with van der Waals surface area (Å²) in [5.41, 5.74) is 3.45. The number of rotatable bonds is 7. The molecule has 26 heavy (non-hydrogen) atoms. The number of benzene rings is 2. The molecule has 1 aliphatic rings. The van der Waals surface area contributed by atoms with Crippen LogP contribution in [0.3, 0.4) is 0 Å². The van der Waals surface area contributed by atoms with Gasteiger partial charge in [-0.05, 0) is 36.8 Å². The van der Waals surface area contributed by atoms with Gasteiger partial charge in [0.05, 0.1) is 5.71 Å². The first-order valence-corrected chi connectivity index (χ1v) is 9.40. The van der Waals surface area contributed by atoms with Crippen molar-refractivity contribution in [3.8, 4) is 0 Å². The lowest BCUT2D eigenvalue weighted by atomic mass is 9.82. The van der Waals surface area contributed by atoms with Gasteiger partial charge in [-0.1, -0.05) is 60.7 Å². The topological polar surface area (TPSA) is 65.5 Å². The van der Waals surface area contributed by atoms with E-state index in [0.717, 1.165) is 44.5 Å². The number of hydrazone groups is 1. The highest BCUT2D eigenvalue weighted by atomic mass is 15.2. The summed E-state index contributed by atoms with van der Waals surface area (Å²) >= 11 is 0. The monoisotopic (exact) mass is 348 g/mol. The van der Waals surface area contributed by atoms with E-state index in [1.807, 2.05) is 0 Å². The number of nitrogens with two attached hydrogens (primary N) is 1. The van der Waals surface area contributed by atoms with E-state index in [1.165, 1.54) is 17.3 Å². The van der Waals surface area contributed by atoms with Crippen molar-refractivity contribution in [2.75, 3.05) is 0 Å². The lowest BCUT2D eigenvalue weighted by Gasteiger charge is -2.37. The van der Waals surface area contributed by atoms with Gasteiger partial charge in [0, 0.05) is 31.3 Å². The van der Waals surface area contributed by atoms with E-state index in [0.29, 0.717) is 12.0 Å². The third kappa shape index (κ3) is 4.79. The minimum atomic E-state index is 0.337. The van der Waals surface area contributed by atoms with Gasteiger partial charge in [0.2, 0.25) is 0 Å². The quantitative estimate of drug-likeness (QED) is 0.447. The van der Waals surface area contributed by atoms with E-state index in [-0.39, 0.29) is 0 Å². The fraction of sp³-hybridized carbons (Fsp3) is 0.364. The Labute approximate surface area is 156 Å². The Morgan fingerprint density at radius 1 is 0.923 bits per heavy atom. The minimum absolute atomic E-state index is 0.337. The van der Waals surface area contributed by atoms with Crippen LogP contribution in [0.5, 0.6) is 0 Å². The molecule has 1 fully saturated rings. The summed E-state index contributed by atoms with van der Waals surface area (Å²) < 4.78 is 0. The second kappa shape index (κ2) is 9.30. The Bertz CT molecular complexity index is 662. The molecule has 0 aliphatic heterocycles. The molecule has 0 saturated heterocycles. The molecule has 0 spiro atoms. The third-order valence-electron chi connectivity index (χ3n) is 5.39. The summed E-state index contributed by atoms with van der Waals surface area (Å²) in [5.74, 6) is 5.78. The van der Waals surface area contributed by atoms with Gasteiger partial charge in [-0.2, -0.15) is 5.10 Å². The molecular weight excluding hydrogens is 320 g/mol. The van der Waals surface area contributed by atoms with Crippen molar-refractivity contribution < 1.29 is 0 Å². The first-order valence-electron chi connectivity index (χ1n) is 9.40. The molecule has 0 radical (unpaired) electrons. The van der Waals surface area contributed by atoms with Gasteiger partial charge in [0.1, 0.15) is 0 Å². The van der Waals surface area contributed by atoms with Gasteiger partial charge in [0.15, 0.2) is 0 Å². The Balaban J connectivity index is 1.70. The van der Waals surface area contributed by atoms with Crippen molar-refractivity contribution in [1.29, 1.82) is 5.41 Å². The standard InChI is InChI=1S/C22H28N4/c23-15-22(25-24)20-11-13-21(14-12-20)26(16-18-7-3-1-4-8-18)17-19-9-5-2-6-10-19/h1-10,15,20-21,23H,11-14,16-17,24H2. The Kier molecular flexibility index (Phi) is 6.56. The van der Waals surface area contributed by atoms with E-state index in [1.54, 1.807) is 0 Å². The summed E-state index contributed by atoms with van der Waals surface area (Å²) in [6, 6.07) is 22.0. The molecule has 136 valence electrons. The number of nitrogens with zero attached hydrogens (tertiary/aromatic N) is 2. The van der Waals surface area contributed by atoms with Gasteiger partial charge in [-0.25, -0.2) is 0 Å². The lowest BCUT2D eigenvalue weighted by Crippen LogP contribution is -2.38. The van der Waals surface area contributed by atoms with Crippen molar-refractivity contribution >= 4 is 11.9 Å². The second-order valence-electron chi connectivity index (χ2n) is 7.08. The molecule has 4 nitrogen and oxygen atoms in total. The summed E-state index contributed by atoms with van der Waals surface area (Å²) in [7, 11) is 0. The average Bonchev–Trinajstić information content (AvgIpc) is 2.71. The van der Waals surface area contributed by atoms with Crippen molar-refractivity contribution in [3.05, 3.63) is 71.8 Å². The SMILES string of the molecule is N=CC(=NN)C1CCC(N(Cc2ccccc2)Cc2ccccc2)CC1. The molecule has 0 atom stereocenters. The molecule has 0 heterocycles. The van der Waals surface area contributed by atoms with Crippen LogP contribution in [0.4, 0.5) is 0 Å². The third-order valence-corrected chi connectivity index (χ3v) is 5.39. The van der Waals surface area contributed by atoms with Crippen LogP contribution in [0.2, 0.25) is 0 Å². The summed E-state index contributed by atoms with van der Waals surface area (Å²) in [6.07, 6.45) is 5.66. The van der Waals surface area contributed by atoms with Gasteiger partial charge in [0.25, 0.3) is 0 Å². The Hall–Kier alpha value is -2.46. The van der Waals surface area contributed by atoms with Crippen molar-refractivity contribution in [3.63, 3.8) is 0 Å². The first kappa shape index (κ1) is 18.3. The van der Waals surface area contributed by atoms with Gasteiger partial charge in [-0.15, -0.1) is 0 Å². The van der Waals surface area contributed by atoms with Gasteiger partial charge < -0.3 is 11.3 Å². The highest BCUT2D eigenvalue weighted by Crippen LogP contribution is 2.30. The molecule has 1 saturated carbocycles. The fourth-order valence-electron chi connectivity index (χ4n) is 3.95. The maximum Gasteiger partial charge on any atom is 0.0806 e. The smallest absolute Gasteiger partial charge is 0.0806 e. The molecule has 3 N–H and O–H groups in total. The molecular formula is C22H28N4. The van der Waals surface area contributed by atoms with Crippen LogP contribution >= 0.6 is 0 Å². The average molecular weight is 348 g/mol. The summed E-state index contributed by atoms with van der Waals surface area (Å²) in [5, 5.41) is 11.3. The van der Waals surface area contributed by atoms with Crippen molar-refractivity contribution in [1.82, 2.24) is 4.90 Å². The lowest BCUT2D eigenvalue weighted by molar-refractivity contribution is 0.132. The minimum Gasteiger partial charge on any atom is -0.323 e. The molecule has 0 amide bonds. The zero-order chi connectivity index (χ0) is 18.2. The number of hydrogen-bond acceptors (Lipinski definition) is 4. The summed E-state index contributed by atoms with van der Waals surface area (Å²) in [4.78, 5) is 2.60. The van der Waals surface area contributed by atoms with Crippen LogP contribution in [0.1, 0.15) is 36.8 Å². The van der Waals surface area contributed by atoms with Crippen LogP contribution in [-0.2, 0) is 13.1 Å². The van der Waals surface area contributed by atoms with Crippen LogP contribution in [0.15, 0.2) is 65.8 Å². The molecule has 0 bridgehead atoms. The van der Waals surface area contributed by atoms with Crippen molar-refractivity contribution in [2.45, 2.75) is 44.8 Å². The van der Waals surface area contributed by atoms with Crippen LogP contribution in [0, 0.1) is 11.3 Å². The molecule has 3 rings (SSSR count). The van der Waals surface area contributed by atoms with Gasteiger partial charge >= 0.3 is 0 Å². The molecule has 2 aromatic carbocycles. The predicted molar refractivity (Wildman–Crippen MR) is 108 cm³/mol. The maximum atomic E-state index is 7.48. The zero-order valence-corrected chi connectivity index (χ0v) is 15.2. The van der Waals surface area contributed by atoms with E-state index in [2.05, 4.69) is 70.7 Å². The molecule has 0 unspecified atom stereocenters. The number of nitrogens with one attached hydrogen (secondary N) is 1. The number of hydrogen-bond donors (Lipinski definition) is 2. The highest BCUT2D eigenvalue weighted by molar-refractivity contribution is 6.30. The van der Waals surface area contributed by atoms with E-state index < -0.39 is 0 Å². The van der Waals surface area contributed by atoms with Crippen LogP contribution in [-0.4, -0.2) is 22.9 Å². The largest absolute Gasteiger partial charge is 0.323 e. The van der Waals surface area contributed by atoms with Gasteiger partial charge in [-0.3, -0.25) is 4.90 Å². The van der Waals surface area contributed by atoms with E-state index in [9.17, 15) is 0 Å². The zero-order valence-electron chi connectivity index (χ0n) is 15.2. The normalized spacial score (nSPS) is 20.9. The summed E-state index contributed by atoms with van der Waals surface area (Å²) in [6.45, 7) is 1.93. The van der Waals surface area contributed by atoms with E-state index in [4.69, 9.17) is 11.3 Å². The molecule has 0 aromatic heterocycles. The van der Waals surface area contributed by atoms with Crippen LogP contribution < -0.4 is 5.84 Å². The van der Waals surface area contributed by atoms with Crippen molar-refractivity contribution in [2.24, 2.45) is 16.9 Å². The fourth-order valence-corrected chi connectivity index (χ4v) is 3.95. The molecule has 4 heteroatoms. The van der Waals surface area contributed by atoms with Crippen LogP contribution in [0.25, 0.3) is 0 Å². The molecule has 1 aliphatic carbocycles.